The van der Waals surface area contributed by atoms with E-state index in [1.165, 1.54) is 12.1 Å². The number of carboxylic acids is 1. The smallest absolute Gasteiger partial charge is 0.339 e. The molecule has 0 saturated heterocycles. The molecule has 0 unspecified atom stereocenters. The quantitative estimate of drug-likeness (QED) is 0.760. The highest BCUT2D eigenvalue weighted by molar-refractivity contribution is 6.44. The van der Waals surface area contributed by atoms with Crippen LogP contribution in [-0.2, 0) is 0 Å². The number of hydrogen-bond donors (Lipinski definition) is 2. The topological polar surface area (TPSA) is 62.2 Å². The molecule has 110 valence electrons. The Balaban J connectivity index is 2.54. The van der Waals surface area contributed by atoms with Crippen LogP contribution < -0.4 is 5.32 Å². The van der Waals surface area contributed by atoms with Gasteiger partial charge in [-0.05, 0) is 37.6 Å². The highest BCUT2D eigenvalue weighted by atomic mass is 35.5. The molecule has 0 spiro atoms. The maximum Gasteiger partial charge on any atom is 0.339 e. The van der Waals surface area contributed by atoms with Crippen molar-refractivity contribution in [2.45, 2.75) is 13.8 Å². The molecule has 2 N–H and O–H groups in total. The number of nitrogens with one attached hydrogen (secondary N) is 1. The first-order chi connectivity index (χ1) is 9.79. The standard InChI is InChI=1S/C14H11Cl3N2O2/c1-6-3-7(2)18-13(12(6)14(20)21)19-11-5-9(16)8(15)4-10(11)17/h3-5H,1-2H3,(H,18,19)(H,20,21). The molecular weight excluding hydrogens is 335 g/mol. The number of carboxylic acid groups (broad SMARTS) is 1. The fourth-order valence-corrected chi connectivity index (χ4v) is 2.54. The molecule has 0 fully saturated rings. The molecule has 21 heavy (non-hydrogen) atoms. The minimum absolute atomic E-state index is 0.0859. The Labute approximate surface area is 136 Å². The molecule has 4 nitrogen and oxygen atoms in total. The summed E-state index contributed by atoms with van der Waals surface area (Å²) in [5, 5.41) is 13.2. The Kier molecular flexibility index (Phi) is 4.61. The van der Waals surface area contributed by atoms with Gasteiger partial charge in [-0.3, -0.25) is 0 Å². The predicted molar refractivity (Wildman–Crippen MR) is 85.4 cm³/mol. The highest BCUT2D eigenvalue weighted by Gasteiger charge is 2.17. The van der Waals surface area contributed by atoms with Crippen molar-refractivity contribution in [2.24, 2.45) is 0 Å². The first-order valence-corrected chi connectivity index (χ1v) is 7.06. The Morgan fingerprint density at radius 1 is 1.10 bits per heavy atom. The Morgan fingerprint density at radius 2 is 1.71 bits per heavy atom. The minimum Gasteiger partial charge on any atom is -0.478 e. The lowest BCUT2D eigenvalue weighted by molar-refractivity contribution is 0.0697. The molecule has 2 aromatic rings. The van der Waals surface area contributed by atoms with E-state index in [4.69, 9.17) is 34.8 Å². The largest absolute Gasteiger partial charge is 0.478 e. The fourth-order valence-electron chi connectivity index (χ4n) is 1.94. The molecule has 0 bridgehead atoms. The third-order valence-corrected chi connectivity index (χ3v) is 3.86. The zero-order chi connectivity index (χ0) is 15.7. The molecular formula is C14H11Cl3N2O2. The maximum absolute atomic E-state index is 11.4. The fraction of sp³-hybridized carbons (Fsp3) is 0.143. The molecule has 1 aromatic carbocycles. The summed E-state index contributed by atoms with van der Waals surface area (Å²) in [4.78, 5) is 15.6. The van der Waals surface area contributed by atoms with Gasteiger partial charge in [0.15, 0.2) is 0 Å². The second-order valence-electron chi connectivity index (χ2n) is 4.48. The van der Waals surface area contributed by atoms with E-state index in [0.29, 0.717) is 32.0 Å². The average molecular weight is 346 g/mol. The first-order valence-electron chi connectivity index (χ1n) is 5.92. The number of benzene rings is 1. The average Bonchev–Trinajstić information content (AvgIpc) is 2.34. The van der Waals surface area contributed by atoms with Crippen molar-refractivity contribution >= 4 is 52.3 Å². The summed E-state index contributed by atoms with van der Waals surface area (Å²) in [5.74, 6) is -0.862. The van der Waals surface area contributed by atoms with Gasteiger partial charge in [-0.25, -0.2) is 9.78 Å². The van der Waals surface area contributed by atoms with Crippen LogP contribution in [-0.4, -0.2) is 16.1 Å². The van der Waals surface area contributed by atoms with Crippen molar-refractivity contribution in [3.63, 3.8) is 0 Å². The third kappa shape index (κ3) is 3.40. The van der Waals surface area contributed by atoms with Gasteiger partial charge in [0.1, 0.15) is 11.4 Å². The summed E-state index contributed by atoms with van der Waals surface area (Å²) in [7, 11) is 0. The van der Waals surface area contributed by atoms with Crippen LogP contribution in [0, 0.1) is 13.8 Å². The van der Waals surface area contributed by atoms with Crippen molar-refractivity contribution in [3.05, 3.63) is 50.1 Å². The van der Waals surface area contributed by atoms with Gasteiger partial charge in [0.25, 0.3) is 0 Å². The lowest BCUT2D eigenvalue weighted by Gasteiger charge is -2.13. The van der Waals surface area contributed by atoms with E-state index < -0.39 is 5.97 Å². The van der Waals surface area contributed by atoms with Crippen molar-refractivity contribution in [2.75, 3.05) is 5.32 Å². The number of pyridine rings is 1. The van der Waals surface area contributed by atoms with Gasteiger partial charge in [0, 0.05) is 5.69 Å². The number of carbonyl (C=O) groups is 1. The molecule has 0 aliphatic heterocycles. The molecule has 1 heterocycles. The summed E-state index contributed by atoms with van der Waals surface area (Å²) in [5.41, 5.74) is 1.82. The van der Waals surface area contributed by atoms with E-state index in [-0.39, 0.29) is 11.4 Å². The molecule has 0 amide bonds. The minimum atomic E-state index is -1.07. The van der Waals surface area contributed by atoms with Crippen molar-refractivity contribution < 1.29 is 9.90 Å². The zero-order valence-corrected chi connectivity index (χ0v) is 13.4. The summed E-state index contributed by atoms with van der Waals surface area (Å²) in [6.45, 7) is 3.49. The summed E-state index contributed by atoms with van der Waals surface area (Å²) >= 11 is 17.9. The second-order valence-corrected chi connectivity index (χ2v) is 5.70. The molecule has 0 atom stereocenters. The lowest BCUT2D eigenvalue weighted by atomic mass is 10.1. The van der Waals surface area contributed by atoms with Gasteiger partial charge >= 0.3 is 5.97 Å². The van der Waals surface area contributed by atoms with Crippen LogP contribution in [0.25, 0.3) is 0 Å². The van der Waals surface area contributed by atoms with Crippen LogP contribution in [0.3, 0.4) is 0 Å². The molecule has 7 heteroatoms. The zero-order valence-electron chi connectivity index (χ0n) is 11.2. The Morgan fingerprint density at radius 3 is 2.33 bits per heavy atom. The number of nitrogens with zero attached hydrogens (tertiary/aromatic N) is 1. The maximum atomic E-state index is 11.4. The van der Waals surface area contributed by atoms with Gasteiger partial charge in [-0.1, -0.05) is 34.8 Å². The van der Waals surface area contributed by atoms with E-state index in [1.54, 1.807) is 19.9 Å². The van der Waals surface area contributed by atoms with Crippen molar-refractivity contribution in [1.82, 2.24) is 4.98 Å². The Hall–Kier alpha value is -1.49. The van der Waals surface area contributed by atoms with Crippen LogP contribution in [0.5, 0.6) is 0 Å². The van der Waals surface area contributed by atoms with Crippen LogP contribution in [0.2, 0.25) is 15.1 Å². The number of halogens is 3. The number of rotatable bonds is 3. The van der Waals surface area contributed by atoms with E-state index in [1.807, 2.05) is 0 Å². The Bertz CT molecular complexity index is 733. The van der Waals surface area contributed by atoms with Gasteiger partial charge in [-0.15, -0.1) is 0 Å². The molecule has 0 aliphatic carbocycles. The van der Waals surface area contributed by atoms with Crippen LogP contribution in [0.4, 0.5) is 11.5 Å². The number of aromatic nitrogens is 1. The van der Waals surface area contributed by atoms with Gasteiger partial charge in [0.05, 0.1) is 20.8 Å². The molecule has 0 aliphatic rings. The van der Waals surface area contributed by atoms with Crippen molar-refractivity contribution in [1.29, 1.82) is 0 Å². The summed E-state index contributed by atoms with van der Waals surface area (Å²) in [6, 6.07) is 4.71. The SMILES string of the molecule is Cc1cc(C)c(C(=O)O)c(Nc2cc(Cl)c(Cl)cc2Cl)n1. The number of aryl methyl sites for hydroxylation is 2. The number of anilines is 2. The van der Waals surface area contributed by atoms with Crippen molar-refractivity contribution in [3.8, 4) is 0 Å². The molecule has 0 radical (unpaired) electrons. The number of aromatic carboxylic acids is 1. The van der Waals surface area contributed by atoms with E-state index in [0.717, 1.165) is 0 Å². The lowest BCUT2D eigenvalue weighted by Crippen LogP contribution is -2.08. The normalized spacial score (nSPS) is 10.5. The monoisotopic (exact) mass is 344 g/mol. The van der Waals surface area contributed by atoms with E-state index in [9.17, 15) is 9.90 Å². The summed E-state index contributed by atoms with van der Waals surface area (Å²) in [6.07, 6.45) is 0. The predicted octanol–water partition coefficient (Wildman–Crippen LogP) is 5.10. The van der Waals surface area contributed by atoms with Gasteiger partial charge in [-0.2, -0.15) is 0 Å². The molecule has 0 saturated carbocycles. The molecule has 2 rings (SSSR count). The van der Waals surface area contributed by atoms with Gasteiger partial charge < -0.3 is 10.4 Å². The highest BCUT2D eigenvalue weighted by Crippen LogP contribution is 2.34. The third-order valence-electron chi connectivity index (χ3n) is 2.82. The van der Waals surface area contributed by atoms with E-state index >= 15 is 0 Å². The van der Waals surface area contributed by atoms with Gasteiger partial charge in [0.2, 0.25) is 0 Å². The number of hydrogen-bond acceptors (Lipinski definition) is 3. The van der Waals surface area contributed by atoms with Crippen LogP contribution in [0.1, 0.15) is 21.6 Å². The second kappa shape index (κ2) is 6.10. The van der Waals surface area contributed by atoms with E-state index in [2.05, 4.69) is 10.3 Å². The van der Waals surface area contributed by atoms with Crippen LogP contribution >= 0.6 is 34.8 Å². The van der Waals surface area contributed by atoms with Crippen LogP contribution in [0.15, 0.2) is 18.2 Å². The molecule has 1 aromatic heterocycles. The first kappa shape index (κ1) is 15.9. The summed E-state index contributed by atoms with van der Waals surface area (Å²) < 4.78 is 0.